The van der Waals surface area contributed by atoms with Crippen LogP contribution in [0.3, 0.4) is 0 Å². The number of rotatable bonds is 12. The predicted molar refractivity (Wildman–Crippen MR) is 168 cm³/mol. The fraction of sp³-hybridized carbons (Fsp3) is 0.152. The molecule has 0 aliphatic carbocycles. The number of thiazole rings is 1. The molecule has 1 aromatic heterocycles. The second-order valence-corrected chi connectivity index (χ2v) is 10.6. The van der Waals surface area contributed by atoms with Crippen molar-refractivity contribution in [3.8, 4) is 11.5 Å². The van der Waals surface area contributed by atoms with Gasteiger partial charge in [-0.3, -0.25) is 9.36 Å². The molecule has 0 aliphatic heterocycles. The van der Waals surface area contributed by atoms with Crippen molar-refractivity contribution in [1.29, 1.82) is 0 Å². The fourth-order valence-electron chi connectivity index (χ4n) is 4.56. The maximum Gasteiger partial charge on any atom is 0.413 e. The normalized spacial score (nSPS) is 12.0. The fourth-order valence-corrected chi connectivity index (χ4v) is 5.52. The molecule has 5 rings (SSSR count). The van der Waals surface area contributed by atoms with Gasteiger partial charge in [0.1, 0.15) is 37.0 Å². The number of benzene rings is 4. The Balaban J connectivity index is 1.19. The number of aliphatic carboxylic acids is 1. The lowest BCUT2D eigenvalue weighted by Crippen LogP contribution is -2.43. The summed E-state index contributed by atoms with van der Waals surface area (Å²) in [5.41, 5.74) is 3.90. The lowest BCUT2D eigenvalue weighted by Gasteiger charge is -2.15. The van der Waals surface area contributed by atoms with Crippen LogP contribution < -0.4 is 19.7 Å². The molecule has 44 heavy (non-hydrogen) atoms. The van der Waals surface area contributed by atoms with E-state index in [0.29, 0.717) is 29.3 Å². The smallest absolute Gasteiger partial charge is 0.413 e. The first kappa shape index (κ1) is 30.1. The molecule has 0 radical (unpaired) electrons. The lowest BCUT2D eigenvalue weighted by atomic mass is 10.0. The molecule has 5 aromatic rings. The van der Waals surface area contributed by atoms with E-state index in [1.807, 2.05) is 48.5 Å². The van der Waals surface area contributed by atoms with Crippen molar-refractivity contribution in [3.05, 3.63) is 129 Å². The second-order valence-electron chi connectivity index (χ2n) is 9.62. The molecule has 11 heteroatoms. The Labute approximate surface area is 256 Å². The molecular formula is C33H29N3O7S. The second kappa shape index (κ2) is 14.2. The maximum absolute atomic E-state index is 12.8. The van der Waals surface area contributed by atoms with Gasteiger partial charge >= 0.3 is 16.9 Å². The van der Waals surface area contributed by atoms with Crippen LogP contribution in [0.15, 0.2) is 113 Å². The summed E-state index contributed by atoms with van der Waals surface area (Å²) in [4.78, 5) is 41.7. The number of carboxylic acids is 1. The number of carboxylic acid groups (broad SMARTS) is 1. The summed E-state index contributed by atoms with van der Waals surface area (Å²) < 4.78 is 13.5. The van der Waals surface area contributed by atoms with Crippen molar-refractivity contribution in [2.24, 2.45) is 5.16 Å². The molecule has 1 amide bonds. The first-order valence-corrected chi connectivity index (χ1v) is 14.5. The third-order valence-corrected chi connectivity index (χ3v) is 7.60. The van der Waals surface area contributed by atoms with Crippen molar-refractivity contribution < 1.29 is 29.0 Å². The standard InChI is InChI=1S/C33H29N3O7S/c1-41-35-30(23-8-4-2-5-9-23)24-14-17-28-29(21-24)44-33(40)36(28)18-19-42-25-15-12-22(13-16-25)20-27(31(37)38)34-32(39)43-26-10-6-3-7-11-26/h2-17,21,27H,18-20H2,1H3,(H,34,39)(H,37,38). The van der Waals surface area contributed by atoms with Gasteiger partial charge in [-0.15, -0.1) is 0 Å². The van der Waals surface area contributed by atoms with E-state index in [4.69, 9.17) is 14.3 Å². The summed E-state index contributed by atoms with van der Waals surface area (Å²) in [6, 6.07) is 29.5. The molecule has 0 saturated carbocycles. The topological polar surface area (TPSA) is 128 Å². The molecule has 0 saturated heterocycles. The number of para-hydroxylation sites is 1. The average Bonchev–Trinajstić information content (AvgIpc) is 3.35. The number of aromatic nitrogens is 1. The van der Waals surface area contributed by atoms with Gasteiger partial charge in [0.15, 0.2) is 0 Å². The number of carbonyl (C=O) groups is 2. The number of hydrogen-bond acceptors (Lipinski definition) is 8. The molecule has 2 N–H and O–H groups in total. The highest BCUT2D eigenvalue weighted by Gasteiger charge is 2.21. The highest BCUT2D eigenvalue weighted by molar-refractivity contribution is 7.16. The summed E-state index contributed by atoms with van der Waals surface area (Å²) >= 11 is 1.15. The minimum atomic E-state index is -1.18. The Morgan fingerprint density at radius 3 is 2.30 bits per heavy atom. The van der Waals surface area contributed by atoms with Gasteiger partial charge in [0.2, 0.25) is 0 Å². The van der Waals surface area contributed by atoms with Crippen LogP contribution in [0.5, 0.6) is 11.5 Å². The van der Waals surface area contributed by atoms with E-state index in [2.05, 4.69) is 10.5 Å². The van der Waals surface area contributed by atoms with E-state index in [1.165, 1.54) is 7.11 Å². The largest absolute Gasteiger partial charge is 0.492 e. The van der Waals surface area contributed by atoms with Gasteiger partial charge in [0.05, 0.1) is 16.8 Å². The van der Waals surface area contributed by atoms with Crippen LogP contribution in [-0.4, -0.2) is 47.2 Å². The zero-order chi connectivity index (χ0) is 30.9. The number of nitrogens with zero attached hydrogens (tertiary/aromatic N) is 2. The Hall–Kier alpha value is -5.42. The Bertz CT molecular complexity index is 1820. The van der Waals surface area contributed by atoms with Crippen molar-refractivity contribution in [1.82, 2.24) is 9.88 Å². The number of amides is 1. The molecule has 0 spiro atoms. The molecule has 1 atom stereocenters. The third kappa shape index (κ3) is 7.50. The molecule has 224 valence electrons. The summed E-state index contributed by atoms with van der Waals surface area (Å²) in [7, 11) is 1.50. The van der Waals surface area contributed by atoms with E-state index in [-0.39, 0.29) is 17.9 Å². The SMILES string of the molecule is CON=C(c1ccccc1)c1ccc2c(c1)sc(=O)n2CCOc1ccc(CC(NC(=O)Oc2ccccc2)C(=O)O)cc1. The predicted octanol–water partition coefficient (Wildman–Crippen LogP) is 5.33. The van der Waals surface area contributed by atoms with Crippen LogP contribution in [0.1, 0.15) is 16.7 Å². The van der Waals surface area contributed by atoms with Gasteiger partial charge in [0.25, 0.3) is 0 Å². The van der Waals surface area contributed by atoms with E-state index in [9.17, 15) is 19.5 Å². The van der Waals surface area contributed by atoms with Crippen molar-refractivity contribution in [3.63, 3.8) is 0 Å². The van der Waals surface area contributed by atoms with Gasteiger partial charge < -0.3 is 24.7 Å². The van der Waals surface area contributed by atoms with Crippen LogP contribution in [0.25, 0.3) is 10.2 Å². The number of carbonyl (C=O) groups excluding carboxylic acids is 1. The van der Waals surface area contributed by atoms with Gasteiger partial charge in [-0.05, 0) is 42.0 Å². The van der Waals surface area contributed by atoms with Gasteiger partial charge in [-0.1, -0.05) is 83.2 Å². The Kier molecular flexibility index (Phi) is 9.68. The summed E-state index contributed by atoms with van der Waals surface area (Å²) in [6.45, 7) is 0.587. The first-order valence-electron chi connectivity index (χ1n) is 13.7. The summed E-state index contributed by atoms with van der Waals surface area (Å²) in [5, 5.41) is 16.2. The van der Waals surface area contributed by atoms with Gasteiger partial charge in [-0.2, -0.15) is 0 Å². The maximum atomic E-state index is 12.8. The number of hydrogen-bond donors (Lipinski definition) is 2. The average molecular weight is 612 g/mol. The molecule has 0 fully saturated rings. The molecule has 4 aromatic carbocycles. The highest BCUT2D eigenvalue weighted by atomic mass is 32.1. The third-order valence-electron chi connectivity index (χ3n) is 6.66. The number of nitrogens with one attached hydrogen (secondary N) is 1. The Morgan fingerprint density at radius 2 is 1.61 bits per heavy atom. The van der Waals surface area contributed by atoms with E-state index < -0.39 is 18.1 Å². The summed E-state index contributed by atoms with van der Waals surface area (Å²) in [5.74, 6) is -0.305. The Morgan fingerprint density at radius 1 is 0.909 bits per heavy atom. The lowest BCUT2D eigenvalue weighted by molar-refractivity contribution is -0.139. The van der Waals surface area contributed by atoms with Crippen molar-refractivity contribution >= 4 is 39.3 Å². The van der Waals surface area contributed by atoms with Crippen LogP contribution >= 0.6 is 11.3 Å². The molecule has 0 bridgehead atoms. The number of ether oxygens (including phenoxy) is 2. The van der Waals surface area contributed by atoms with E-state index in [0.717, 1.165) is 32.7 Å². The van der Waals surface area contributed by atoms with Crippen LogP contribution in [0.4, 0.5) is 4.79 Å². The van der Waals surface area contributed by atoms with Crippen LogP contribution in [0.2, 0.25) is 0 Å². The molecule has 0 aliphatic rings. The van der Waals surface area contributed by atoms with Crippen LogP contribution in [0, 0.1) is 0 Å². The quantitative estimate of drug-likeness (QED) is 0.144. The molecule has 10 nitrogen and oxygen atoms in total. The van der Waals surface area contributed by atoms with E-state index in [1.54, 1.807) is 59.2 Å². The number of oxime groups is 1. The monoisotopic (exact) mass is 611 g/mol. The minimum Gasteiger partial charge on any atom is -0.492 e. The van der Waals surface area contributed by atoms with Crippen molar-refractivity contribution in [2.75, 3.05) is 13.7 Å². The highest BCUT2D eigenvalue weighted by Crippen LogP contribution is 2.22. The minimum absolute atomic E-state index is 0.0544. The molecule has 1 unspecified atom stereocenters. The van der Waals surface area contributed by atoms with Crippen LogP contribution in [-0.2, 0) is 22.6 Å². The first-order chi connectivity index (χ1) is 21.4. The van der Waals surface area contributed by atoms with E-state index >= 15 is 0 Å². The zero-order valence-electron chi connectivity index (χ0n) is 23.7. The van der Waals surface area contributed by atoms with Gasteiger partial charge in [0, 0.05) is 17.5 Å². The molecular weight excluding hydrogens is 582 g/mol. The zero-order valence-corrected chi connectivity index (χ0v) is 24.5. The summed E-state index contributed by atoms with van der Waals surface area (Å²) in [6.07, 6.45) is -0.797. The van der Waals surface area contributed by atoms with Crippen molar-refractivity contribution in [2.45, 2.75) is 19.0 Å². The van der Waals surface area contributed by atoms with Gasteiger partial charge in [-0.25, -0.2) is 9.59 Å². The molecule has 1 heterocycles. The number of fused-ring (bicyclic) bond motifs is 1.